The number of hydrogen-bond acceptors (Lipinski definition) is 5. The van der Waals surface area contributed by atoms with Crippen LogP contribution in [-0.4, -0.2) is 48.0 Å². The predicted molar refractivity (Wildman–Crippen MR) is 95.6 cm³/mol. The third-order valence-corrected chi connectivity index (χ3v) is 5.75. The first-order valence-electron chi connectivity index (χ1n) is 8.74. The van der Waals surface area contributed by atoms with Crippen molar-refractivity contribution in [2.75, 3.05) is 13.1 Å². The van der Waals surface area contributed by atoms with Gasteiger partial charge in [-0.2, -0.15) is 5.10 Å². The predicted octanol–water partition coefficient (Wildman–Crippen LogP) is 2.48. The zero-order valence-electron chi connectivity index (χ0n) is 14.3. The van der Waals surface area contributed by atoms with Crippen LogP contribution in [0.25, 0.3) is 4.83 Å². The van der Waals surface area contributed by atoms with Gasteiger partial charge in [0.15, 0.2) is 0 Å². The van der Waals surface area contributed by atoms with E-state index in [4.69, 9.17) is 4.98 Å². The molecule has 1 fully saturated rings. The quantitative estimate of drug-likeness (QED) is 0.703. The van der Waals surface area contributed by atoms with Crippen LogP contribution in [0.3, 0.4) is 0 Å². The van der Waals surface area contributed by atoms with E-state index >= 15 is 0 Å². The van der Waals surface area contributed by atoms with Crippen LogP contribution in [0.2, 0.25) is 0 Å². The molecular formula is C17H22N6OS. The van der Waals surface area contributed by atoms with Gasteiger partial charge in [0.2, 0.25) is 5.91 Å². The molecule has 4 heterocycles. The molecule has 4 rings (SSSR count). The molecule has 1 atom stereocenters. The zero-order chi connectivity index (χ0) is 17.2. The summed E-state index contributed by atoms with van der Waals surface area (Å²) in [6.07, 6.45) is 8.78. The van der Waals surface area contributed by atoms with E-state index in [1.807, 2.05) is 11.8 Å². The third kappa shape index (κ3) is 3.30. The number of aromatic nitrogens is 5. The Morgan fingerprint density at radius 2 is 2.36 bits per heavy atom. The normalized spacial score (nSPS) is 18.1. The number of imidazole rings is 1. The number of carbonyl (C=O) groups is 1. The van der Waals surface area contributed by atoms with Crippen molar-refractivity contribution in [2.45, 2.75) is 45.1 Å². The Labute approximate surface area is 150 Å². The van der Waals surface area contributed by atoms with Crippen LogP contribution in [0, 0.1) is 6.92 Å². The van der Waals surface area contributed by atoms with Crippen LogP contribution in [0.1, 0.15) is 43.1 Å². The molecule has 0 unspecified atom stereocenters. The zero-order valence-corrected chi connectivity index (χ0v) is 15.2. The maximum atomic E-state index is 12.6. The molecule has 3 aromatic rings. The van der Waals surface area contributed by atoms with Gasteiger partial charge in [-0.3, -0.25) is 13.9 Å². The van der Waals surface area contributed by atoms with Crippen molar-refractivity contribution in [2.24, 2.45) is 0 Å². The monoisotopic (exact) mass is 358 g/mol. The molecule has 0 saturated carbocycles. The molecule has 25 heavy (non-hydrogen) atoms. The largest absolute Gasteiger partial charge is 0.342 e. The number of likely N-dealkylation sites (tertiary alicyclic amines) is 1. The van der Waals surface area contributed by atoms with Crippen molar-refractivity contribution in [1.82, 2.24) is 29.0 Å². The summed E-state index contributed by atoms with van der Waals surface area (Å²) in [7, 11) is 0. The maximum absolute atomic E-state index is 12.6. The van der Waals surface area contributed by atoms with Crippen molar-refractivity contribution in [3.63, 3.8) is 0 Å². The van der Waals surface area contributed by atoms with Crippen LogP contribution in [0.15, 0.2) is 24.2 Å². The van der Waals surface area contributed by atoms with Crippen LogP contribution >= 0.6 is 11.3 Å². The molecule has 0 aromatic carbocycles. The molecule has 1 aliphatic rings. The van der Waals surface area contributed by atoms with Crippen LogP contribution in [-0.2, 0) is 11.3 Å². The summed E-state index contributed by atoms with van der Waals surface area (Å²) in [5.74, 6) is 1.61. The second kappa shape index (κ2) is 6.95. The number of aryl methyl sites for hydroxylation is 2. The van der Waals surface area contributed by atoms with Gasteiger partial charge in [0.05, 0.1) is 5.69 Å². The summed E-state index contributed by atoms with van der Waals surface area (Å²) in [5.41, 5.74) is 1.16. The van der Waals surface area contributed by atoms with Gasteiger partial charge in [0.25, 0.3) is 0 Å². The van der Waals surface area contributed by atoms with Gasteiger partial charge in [-0.25, -0.2) is 9.97 Å². The van der Waals surface area contributed by atoms with Crippen molar-refractivity contribution in [3.8, 4) is 0 Å². The van der Waals surface area contributed by atoms with E-state index in [9.17, 15) is 4.79 Å². The van der Waals surface area contributed by atoms with E-state index in [0.717, 1.165) is 50.4 Å². The number of fused-ring (bicyclic) bond motifs is 1. The minimum Gasteiger partial charge on any atom is -0.342 e. The Bertz CT molecular complexity index is 852. The van der Waals surface area contributed by atoms with Gasteiger partial charge in [0.1, 0.15) is 23.3 Å². The van der Waals surface area contributed by atoms with Gasteiger partial charge >= 0.3 is 0 Å². The summed E-state index contributed by atoms with van der Waals surface area (Å²) in [6.45, 7) is 4.42. The third-order valence-electron chi connectivity index (χ3n) is 4.86. The van der Waals surface area contributed by atoms with Crippen LogP contribution in [0.4, 0.5) is 0 Å². The highest BCUT2D eigenvalue weighted by atomic mass is 32.1. The first kappa shape index (κ1) is 16.3. The first-order valence-corrected chi connectivity index (χ1v) is 9.62. The Morgan fingerprint density at radius 3 is 3.20 bits per heavy atom. The molecule has 0 spiro atoms. The molecule has 0 N–H and O–H groups in total. The van der Waals surface area contributed by atoms with E-state index in [0.29, 0.717) is 12.3 Å². The molecule has 0 bridgehead atoms. The number of nitrogens with zero attached hydrogens (tertiary/aromatic N) is 6. The fraction of sp³-hybridized carbons (Fsp3) is 0.529. The molecule has 1 amide bonds. The van der Waals surface area contributed by atoms with Gasteiger partial charge in [0, 0.05) is 43.5 Å². The SMILES string of the molecule is Cc1nc([C@@H]2CCCN(C(=O)CCCn3cncn3)C2)c2sccn12. The number of rotatable bonds is 5. The van der Waals surface area contributed by atoms with Crippen molar-refractivity contribution >= 4 is 22.1 Å². The summed E-state index contributed by atoms with van der Waals surface area (Å²) >= 11 is 1.73. The summed E-state index contributed by atoms with van der Waals surface area (Å²) in [6, 6.07) is 0. The van der Waals surface area contributed by atoms with Crippen molar-refractivity contribution in [1.29, 1.82) is 0 Å². The Hall–Kier alpha value is -2.22. The van der Waals surface area contributed by atoms with Crippen molar-refractivity contribution in [3.05, 3.63) is 35.7 Å². The average molecular weight is 358 g/mol. The lowest BCUT2D eigenvalue weighted by Crippen LogP contribution is -2.39. The minimum absolute atomic E-state index is 0.239. The fourth-order valence-electron chi connectivity index (χ4n) is 3.59. The highest BCUT2D eigenvalue weighted by Crippen LogP contribution is 2.32. The first-order chi connectivity index (χ1) is 12.2. The Balaban J connectivity index is 1.38. The van der Waals surface area contributed by atoms with Gasteiger partial charge < -0.3 is 4.90 Å². The smallest absolute Gasteiger partial charge is 0.222 e. The number of piperidine rings is 1. The molecule has 0 radical (unpaired) electrons. The second-order valence-electron chi connectivity index (χ2n) is 6.56. The number of amides is 1. The van der Waals surface area contributed by atoms with E-state index in [-0.39, 0.29) is 5.91 Å². The molecule has 7 nitrogen and oxygen atoms in total. The second-order valence-corrected chi connectivity index (χ2v) is 7.46. The Morgan fingerprint density at radius 1 is 1.44 bits per heavy atom. The standard InChI is InChI=1S/C17H22N6OS/c1-13-20-16(17-23(13)8-9-25-17)14-4-2-6-21(10-14)15(24)5-3-7-22-12-18-11-19-22/h8-9,11-12,14H,2-7,10H2,1H3/t14-/m1/s1. The summed E-state index contributed by atoms with van der Waals surface area (Å²) in [4.78, 5) is 24.5. The average Bonchev–Trinajstić information content (AvgIpc) is 3.35. The highest BCUT2D eigenvalue weighted by Gasteiger charge is 2.28. The fourth-order valence-corrected chi connectivity index (χ4v) is 4.54. The topological polar surface area (TPSA) is 68.3 Å². The number of carbonyl (C=O) groups excluding carboxylic acids is 1. The van der Waals surface area contributed by atoms with Gasteiger partial charge in [-0.1, -0.05) is 0 Å². The molecule has 1 saturated heterocycles. The van der Waals surface area contributed by atoms with Crippen LogP contribution < -0.4 is 0 Å². The van der Waals surface area contributed by atoms with E-state index in [1.54, 1.807) is 22.3 Å². The van der Waals surface area contributed by atoms with Crippen molar-refractivity contribution < 1.29 is 4.79 Å². The maximum Gasteiger partial charge on any atom is 0.222 e. The van der Waals surface area contributed by atoms with Gasteiger partial charge in [-0.05, 0) is 26.2 Å². The van der Waals surface area contributed by atoms with Gasteiger partial charge in [-0.15, -0.1) is 11.3 Å². The molecule has 132 valence electrons. The number of thiazole rings is 1. The number of hydrogen-bond donors (Lipinski definition) is 0. The molecular weight excluding hydrogens is 336 g/mol. The van der Waals surface area contributed by atoms with Crippen LogP contribution in [0.5, 0.6) is 0 Å². The molecule has 1 aliphatic heterocycles. The Kier molecular flexibility index (Phi) is 4.52. The lowest BCUT2D eigenvalue weighted by atomic mass is 9.95. The minimum atomic E-state index is 0.239. The van der Waals surface area contributed by atoms with E-state index in [1.165, 1.54) is 11.2 Å². The molecule has 8 heteroatoms. The summed E-state index contributed by atoms with van der Waals surface area (Å²) in [5, 5.41) is 6.18. The van der Waals surface area contributed by atoms with E-state index in [2.05, 4.69) is 26.1 Å². The van der Waals surface area contributed by atoms with E-state index < -0.39 is 0 Å². The summed E-state index contributed by atoms with van der Waals surface area (Å²) < 4.78 is 3.92. The molecule has 3 aromatic heterocycles. The lowest BCUT2D eigenvalue weighted by molar-refractivity contribution is -0.132. The highest BCUT2D eigenvalue weighted by molar-refractivity contribution is 7.15. The molecule has 0 aliphatic carbocycles. The lowest BCUT2D eigenvalue weighted by Gasteiger charge is -2.32.